The van der Waals surface area contributed by atoms with Gasteiger partial charge in [0.15, 0.2) is 0 Å². The molecule has 0 aliphatic heterocycles. The van der Waals surface area contributed by atoms with Crippen molar-refractivity contribution in [1.29, 1.82) is 5.26 Å². The van der Waals surface area contributed by atoms with Crippen molar-refractivity contribution in [1.82, 2.24) is 5.32 Å². The number of aryl methyl sites for hydroxylation is 1. The van der Waals surface area contributed by atoms with Crippen molar-refractivity contribution >= 4 is 17.6 Å². The summed E-state index contributed by atoms with van der Waals surface area (Å²) in [6.45, 7) is 3.71. The molecule has 0 saturated carbocycles. The molecule has 0 heterocycles. The minimum atomic E-state index is -0.538. The molecule has 0 aliphatic carbocycles. The average molecular weight is 287 g/mol. The number of amides is 1. The molecule has 0 saturated heterocycles. The molecule has 1 rings (SSSR count). The molecule has 0 spiro atoms. The fourth-order valence-electron chi connectivity index (χ4n) is 1.53. The summed E-state index contributed by atoms with van der Waals surface area (Å²) < 4.78 is 4.44. The highest BCUT2D eigenvalue weighted by atomic mass is 16.5. The first kappa shape index (κ1) is 16.2. The van der Waals surface area contributed by atoms with Gasteiger partial charge in [0.1, 0.15) is 18.2 Å². The molecule has 1 aromatic carbocycles. The van der Waals surface area contributed by atoms with Crippen LogP contribution < -0.4 is 10.6 Å². The summed E-state index contributed by atoms with van der Waals surface area (Å²) >= 11 is 0. The lowest BCUT2D eigenvalue weighted by molar-refractivity contribution is -0.139. The molecule has 1 aromatic rings. The van der Waals surface area contributed by atoms with E-state index in [9.17, 15) is 9.59 Å². The van der Waals surface area contributed by atoms with Crippen molar-refractivity contribution in [3.63, 3.8) is 0 Å². The lowest BCUT2D eigenvalue weighted by Gasteiger charge is -2.09. The summed E-state index contributed by atoms with van der Waals surface area (Å²) in [6, 6.07) is 7.30. The SMILES string of the molecule is COC(=O)CN/C=C(/C#N)C(=O)Nc1cccc(C)c1C. The van der Waals surface area contributed by atoms with Crippen molar-refractivity contribution in [2.75, 3.05) is 19.0 Å². The Bertz CT molecular complexity index is 615. The van der Waals surface area contributed by atoms with E-state index in [2.05, 4.69) is 15.4 Å². The van der Waals surface area contributed by atoms with Gasteiger partial charge in [-0.05, 0) is 31.0 Å². The number of esters is 1. The fourth-order valence-corrected chi connectivity index (χ4v) is 1.53. The van der Waals surface area contributed by atoms with Crippen LogP contribution in [0.5, 0.6) is 0 Å². The van der Waals surface area contributed by atoms with Crippen molar-refractivity contribution < 1.29 is 14.3 Å². The number of hydrogen-bond acceptors (Lipinski definition) is 5. The van der Waals surface area contributed by atoms with Gasteiger partial charge in [-0.25, -0.2) is 0 Å². The fraction of sp³-hybridized carbons (Fsp3) is 0.267. The quantitative estimate of drug-likeness (QED) is 0.485. The molecule has 0 bridgehead atoms. The van der Waals surface area contributed by atoms with E-state index in [4.69, 9.17) is 5.26 Å². The van der Waals surface area contributed by atoms with Crippen LogP contribution in [0, 0.1) is 25.2 Å². The number of nitrogens with zero attached hydrogens (tertiary/aromatic N) is 1. The van der Waals surface area contributed by atoms with E-state index in [-0.39, 0.29) is 12.1 Å². The molecule has 0 atom stereocenters. The number of hydrogen-bond donors (Lipinski definition) is 2. The summed E-state index contributed by atoms with van der Waals surface area (Å²) in [7, 11) is 1.26. The van der Waals surface area contributed by atoms with E-state index in [1.165, 1.54) is 13.3 Å². The molecule has 0 fully saturated rings. The molecule has 0 aromatic heterocycles. The second kappa shape index (κ2) is 7.70. The van der Waals surface area contributed by atoms with Gasteiger partial charge in [-0.1, -0.05) is 12.1 Å². The van der Waals surface area contributed by atoms with Crippen LogP contribution in [0.25, 0.3) is 0 Å². The Kier molecular flexibility index (Phi) is 5.96. The van der Waals surface area contributed by atoms with Gasteiger partial charge < -0.3 is 15.4 Å². The number of carbonyl (C=O) groups is 2. The third-order valence-corrected chi connectivity index (χ3v) is 2.94. The maximum Gasteiger partial charge on any atom is 0.325 e. The second-order valence-corrected chi connectivity index (χ2v) is 4.33. The van der Waals surface area contributed by atoms with Gasteiger partial charge in [-0.2, -0.15) is 5.26 Å². The Morgan fingerprint density at radius 3 is 2.71 bits per heavy atom. The highest BCUT2D eigenvalue weighted by Gasteiger charge is 2.11. The summed E-state index contributed by atoms with van der Waals surface area (Å²) in [5, 5.41) is 14.2. The number of carbonyl (C=O) groups excluding carboxylic acids is 2. The van der Waals surface area contributed by atoms with Gasteiger partial charge in [-0.3, -0.25) is 9.59 Å². The average Bonchev–Trinajstić information content (AvgIpc) is 2.48. The third kappa shape index (κ3) is 4.66. The van der Waals surface area contributed by atoms with Gasteiger partial charge in [0.2, 0.25) is 0 Å². The van der Waals surface area contributed by atoms with Crippen LogP contribution in [0.15, 0.2) is 30.0 Å². The molecular weight excluding hydrogens is 270 g/mol. The van der Waals surface area contributed by atoms with Gasteiger partial charge in [0, 0.05) is 11.9 Å². The van der Waals surface area contributed by atoms with Crippen LogP contribution in [0.3, 0.4) is 0 Å². The molecule has 2 N–H and O–H groups in total. The van der Waals surface area contributed by atoms with Crippen molar-refractivity contribution in [2.24, 2.45) is 0 Å². The van der Waals surface area contributed by atoms with Crippen LogP contribution >= 0.6 is 0 Å². The summed E-state index contributed by atoms with van der Waals surface area (Å²) in [5.41, 5.74) is 2.50. The first-order chi connectivity index (χ1) is 9.99. The monoisotopic (exact) mass is 287 g/mol. The van der Waals surface area contributed by atoms with E-state index >= 15 is 0 Å². The molecule has 6 heteroatoms. The van der Waals surface area contributed by atoms with Crippen LogP contribution in [-0.2, 0) is 14.3 Å². The van der Waals surface area contributed by atoms with E-state index in [0.717, 1.165) is 11.1 Å². The Balaban J connectivity index is 2.76. The number of methoxy groups -OCH3 is 1. The van der Waals surface area contributed by atoms with E-state index in [1.54, 1.807) is 12.1 Å². The van der Waals surface area contributed by atoms with Crippen LogP contribution in [0.4, 0.5) is 5.69 Å². The summed E-state index contributed by atoms with van der Waals surface area (Å²) in [6.07, 6.45) is 1.19. The zero-order valence-electron chi connectivity index (χ0n) is 12.2. The molecule has 110 valence electrons. The molecule has 0 aliphatic rings. The molecule has 21 heavy (non-hydrogen) atoms. The van der Waals surface area contributed by atoms with Crippen molar-refractivity contribution in [3.8, 4) is 6.07 Å². The van der Waals surface area contributed by atoms with E-state index < -0.39 is 11.9 Å². The highest BCUT2D eigenvalue weighted by Crippen LogP contribution is 2.18. The number of nitriles is 1. The number of benzene rings is 1. The van der Waals surface area contributed by atoms with Crippen LogP contribution in [0.1, 0.15) is 11.1 Å². The number of nitrogens with one attached hydrogen (secondary N) is 2. The molecule has 0 unspecified atom stereocenters. The summed E-state index contributed by atoms with van der Waals surface area (Å²) in [4.78, 5) is 22.9. The molecular formula is C15H17N3O3. The topological polar surface area (TPSA) is 91.2 Å². The molecule has 1 amide bonds. The standard InChI is InChI=1S/C15H17N3O3/c1-10-5-4-6-13(11(10)2)18-15(20)12(7-16)8-17-9-14(19)21-3/h4-6,8,17H,9H2,1-3H3,(H,18,20)/b12-8-. The zero-order valence-corrected chi connectivity index (χ0v) is 12.2. The van der Waals surface area contributed by atoms with Crippen molar-refractivity contribution in [2.45, 2.75) is 13.8 Å². The van der Waals surface area contributed by atoms with Crippen molar-refractivity contribution in [3.05, 3.63) is 41.1 Å². The Labute approximate surface area is 123 Å². The molecule has 6 nitrogen and oxygen atoms in total. The van der Waals surface area contributed by atoms with E-state index in [1.807, 2.05) is 26.0 Å². The Morgan fingerprint density at radius 1 is 1.38 bits per heavy atom. The minimum absolute atomic E-state index is 0.113. The lowest BCUT2D eigenvalue weighted by Crippen LogP contribution is -2.22. The number of ether oxygens (including phenoxy) is 1. The Hall–Kier alpha value is -2.81. The highest BCUT2D eigenvalue weighted by molar-refractivity contribution is 6.06. The van der Waals surface area contributed by atoms with Gasteiger partial charge in [0.05, 0.1) is 7.11 Å². The predicted molar refractivity (Wildman–Crippen MR) is 78.3 cm³/mol. The predicted octanol–water partition coefficient (Wildman–Crippen LogP) is 1.41. The summed E-state index contributed by atoms with van der Waals surface area (Å²) in [5.74, 6) is -1.03. The molecule has 0 radical (unpaired) electrons. The van der Waals surface area contributed by atoms with Gasteiger partial charge in [-0.15, -0.1) is 0 Å². The maximum absolute atomic E-state index is 12.0. The smallest absolute Gasteiger partial charge is 0.325 e. The van der Waals surface area contributed by atoms with Gasteiger partial charge in [0.25, 0.3) is 5.91 Å². The first-order valence-corrected chi connectivity index (χ1v) is 6.27. The third-order valence-electron chi connectivity index (χ3n) is 2.94. The largest absolute Gasteiger partial charge is 0.468 e. The maximum atomic E-state index is 12.0. The number of rotatable bonds is 5. The number of anilines is 1. The van der Waals surface area contributed by atoms with Gasteiger partial charge >= 0.3 is 5.97 Å². The first-order valence-electron chi connectivity index (χ1n) is 6.27. The second-order valence-electron chi connectivity index (χ2n) is 4.33. The minimum Gasteiger partial charge on any atom is -0.468 e. The van der Waals surface area contributed by atoms with Crippen LogP contribution in [-0.4, -0.2) is 25.5 Å². The Morgan fingerprint density at radius 2 is 2.10 bits per heavy atom. The van der Waals surface area contributed by atoms with E-state index in [0.29, 0.717) is 5.69 Å². The zero-order chi connectivity index (χ0) is 15.8. The lowest BCUT2D eigenvalue weighted by atomic mass is 10.1. The van der Waals surface area contributed by atoms with Crippen LogP contribution in [0.2, 0.25) is 0 Å². The normalized spacial score (nSPS) is 10.5.